The van der Waals surface area contributed by atoms with Gasteiger partial charge in [0.15, 0.2) is 11.5 Å². The van der Waals surface area contributed by atoms with Gasteiger partial charge in [-0.15, -0.1) is 0 Å². The number of rotatable bonds is 2. The van der Waals surface area contributed by atoms with E-state index < -0.39 is 11.4 Å². The van der Waals surface area contributed by atoms with Gasteiger partial charge in [0.2, 0.25) is 0 Å². The summed E-state index contributed by atoms with van der Waals surface area (Å²) in [5, 5.41) is 9.94. The second kappa shape index (κ2) is 5.73. The first-order valence-corrected chi connectivity index (χ1v) is 8.48. The Kier molecular flexibility index (Phi) is 4.03. The van der Waals surface area contributed by atoms with Crippen molar-refractivity contribution >= 4 is 5.97 Å². The molecule has 1 aliphatic heterocycles. The SMILES string of the molecule is Cc1cc2c(cc1C1(C(=O)O)CCCCC1)OCC(C)(C)CO2. The second-order valence-corrected chi connectivity index (χ2v) is 7.80. The fraction of sp³-hybridized carbons (Fsp3) is 0.632. The van der Waals surface area contributed by atoms with Crippen LogP contribution in [0.2, 0.25) is 0 Å². The third kappa shape index (κ3) is 2.91. The highest BCUT2D eigenvalue weighted by Crippen LogP contribution is 2.45. The van der Waals surface area contributed by atoms with Crippen LogP contribution in [0.3, 0.4) is 0 Å². The first-order valence-electron chi connectivity index (χ1n) is 8.48. The van der Waals surface area contributed by atoms with Gasteiger partial charge >= 0.3 is 5.97 Å². The molecule has 0 saturated heterocycles. The molecule has 23 heavy (non-hydrogen) atoms. The molecule has 126 valence electrons. The minimum Gasteiger partial charge on any atom is -0.489 e. The smallest absolute Gasteiger partial charge is 0.314 e. The van der Waals surface area contributed by atoms with Crippen molar-refractivity contribution in [1.29, 1.82) is 0 Å². The van der Waals surface area contributed by atoms with Gasteiger partial charge in [-0.05, 0) is 43.0 Å². The lowest BCUT2D eigenvalue weighted by atomic mass is 9.68. The Morgan fingerprint density at radius 3 is 2.17 bits per heavy atom. The first-order chi connectivity index (χ1) is 10.8. The molecule has 0 unspecified atom stereocenters. The molecule has 4 heteroatoms. The summed E-state index contributed by atoms with van der Waals surface area (Å²) in [5.41, 5.74) is 1.05. The summed E-state index contributed by atoms with van der Waals surface area (Å²) in [6, 6.07) is 3.87. The molecular formula is C19H26O4. The van der Waals surface area contributed by atoms with Crippen molar-refractivity contribution in [2.45, 2.75) is 58.3 Å². The highest BCUT2D eigenvalue weighted by atomic mass is 16.5. The monoisotopic (exact) mass is 318 g/mol. The van der Waals surface area contributed by atoms with E-state index in [2.05, 4.69) is 13.8 Å². The summed E-state index contributed by atoms with van der Waals surface area (Å²) >= 11 is 0. The number of fused-ring (bicyclic) bond motifs is 1. The molecule has 4 nitrogen and oxygen atoms in total. The highest BCUT2D eigenvalue weighted by Gasteiger charge is 2.43. The fourth-order valence-electron chi connectivity index (χ4n) is 3.74. The van der Waals surface area contributed by atoms with E-state index in [4.69, 9.17) is 9.47 Å². The zero-order valence-corrected chi connectivity index (χ0v) is 14.3. The van der Waals surface area contributed by atoms with Crippen LogP contribution in [0.5, 0.6) is 11.5 Å². The van der Waals surface area contributed by atoms with Gasteiger partial charge in [-0.25, -0.2) is 0 Å². The molecule has 0 bridgehead atoms. The molecule has 3 rings (SSSR count). The number of carbonyl (C=O) groups is 1. The van der Waals surface area contributed by atoms with Gasteiger partial charge < -0.3 is 14.6 Å². The second-order valence-electron chi connectivity index (χ2n) is 7.80. The van der Waals surface area contributed by atoms with Gasteiger partial charge in [0.1, 0.15) is 0 Å². The van der Waals surface area contributed by atoms with Crippen molar-refractivity contribution in [3.8, 4) is 11.5 Å². The number of carboxylic acid groups (broad SMARTS) is 1. The Balaban J connectivity index is 2.04. The maximum atomic E-state index is 12.1. The van der Waals surface area contributed by atoms with E-state index in [-0.39, 0.29) is 5.41 Å². The van der Waals surface area contributed by atoms with Crippen LogP contribution in [-0.4, -0.2) is 24.3 Å². The van der Waals surface area contributed by atoms with Gasteiger partial charge in [-0.3, -0.25) is 4.79 Å². The van der Waals surface area contributed by atoms with Crippen LogP contribution >= 0.6 is 0 Å². The summed E-state index contributed by atoms with van der Waals surface area (Å²) in [6.07, 6.45) is 4.45. The number of aliphatic carboxylic acids is 1. The molecule has 1 aromatic rings. The van der Waals surface area contributed by atoms with Gasteiger partial charge in [0.05, 0.1) is 18.6 Å². The molecule has 0 aromatic heterocycles. The van der Waals surface area contributed by atoms with E-state index in [9.17, 15) is 9.90 Å². The Morgan fingerprint density at radius 1 is 1.04 bits per heavy atom. The van der Waals surface area contributed by atoms with Crippen LogP contribution in [0.15, 0.2) is 12.1 Å². The Labute approximate surface area is 137 Å². The Hall–Kier alpha value is -1.71. The summed E-state index contributed by atoms with van der Waals surface area (Å²) in [7, 11) is 0. The van der Waals surface area contributed by atoms with E-state index >= 15 is 0 Å². The van der Waals surface area contributed by atoms with Crippen LogP contribution in [0, 0.1) is 12.3 Å². The Morgan fingerprint density at radius 2 is 1.61 bits per heavy atom. The van der Waals surface area contributed by atoms with Crippen LogP contribution in [-0.2, 0) is 10.2 Å². The normalized spacial score (nSPS) is 22.2. The molecule has 0 spiro atoms. The molecule has 1 saturated carbocycles. The van der Waals surface area contributed by atoms with Crippen molar-refractivity contribution in [2.24, 2.45) is 5.41 Å². The van der Waals surface area contributed by atoms with Gasteiger partial charge in [0.25, 0.3) is 0 Å². The summed E-state index contributed by atoms with van der Waals surface area (Å²) in [4.78, 5) is 12.1. The summed E-state index contributed by atoms with van der Waals surface area (Å²) < 4.78 is 11.9. The van der Waals surface area contributed by atoms with Crippen LogP contribution in [0.25, 0.3) is 0 Å². The highest BCUT2D eigenvalue weighted by molar-refractivity contribution is 5.82. The van der Waals surface area contributed by atoms with E-state index in [0.29, 0.717) is 31.8 Å². The Bertz CT molecular complexity index is 612. The quantitative estimate of drug-likeness (QED) is 0.892. The third-order valence-electron chi connectivity index (χ3n) is 5.16. The molecule has 0 atom stereocenters. The first kappa shape index (κ1) is 16.2. The van der Waals surface area contributed by atoms with Gasteiger partial charge in [0, 0.05) is 5.41 Å². The summed E-state index contributed by atoms with van der Waals surface area (Å²) in [6.45, 7) is 7.36. The van der Waals surface area contributed by atoms with Crippen molar-refractivity contribution in [3.05, 3.63) is 23.3 Å². The van der Waals surface area contributed by atoms with E-state index in [1.165, 1.54) is 0 Å². The van der Waals surface area contributed by atoms with E-state index in [1.54, 1.807) is 0 Å². The molecule has 1 aliphatic carbocycles. The number of aryl methyl sites for hydroxylation is 1. The van der Waals surface area contributed by atoms with Gasteiger partial charge in [-0.1, -0.05) is 33.1 Å². The van der Waals surface area contributed by atoms with Crippen molar-refractivity contribution in [2.75, 3.05) is 13.2 Å². The number of hydrogen-bond acceptors (Lipinski definition) is 3. The topological polar surface area (TPSA) is 55.8 Å². The predicted octanol–water partition coefficient (Wildman–Crippen LogP) is 4.08. The molecule has 1 heterocycles. The zero-order valence-electron chi connectivity index (χ0n) is 14.3. The number of ether oxygens (including phenoxy) is 2. The molecule has 0 amide bonds. The molecule has 1 fully saturated rings. The van der Waals surface area contributed by atoms with Crippen LogP contribution in [0.1, 0.15) is 57.1 Å². The average Bonchev–Trinajstić information content (AvgIpc) is 2.66. The van der Waals surface area contributed by atoms with Crippen LogP contribution < -0.4 is 9.47 Å². The predicted molar refractivity (Wildman–Crippen MR) is 88.3 cm³/mol. The third-order valence-corrected chi connectivity index (χ3v) is 5.16. The molecule has 1 aromatic carbocycles. The standard InChI is InChI=1S/C19H26O4/c1-13-9-15-16(23-12-18(2,3)11-22-15)10-14(13)19(17(20)21)7-5-4-6-8-19/h9-10H,4-8,11-12H2,1-3H3,(H,20,21). The van der Waals surface area contributed by atoms with Crippen molar-refractivity contribution in [1.82, 2.24) is 0 Å². The minimum absolute atomic E-state index is 0.0532. The largest absolute Gasteiger partial charge is 0.489 e. The number of carboxylic acids is 1. The zero-order chi connectivity index (χ0) is 16.7. The molecule has 0 radical (unpaired) electrons. The van der Waals surface area contributed by atoms with Crippen LogP contribution in [0.4, 0.5) is 0 Å². The average molecular weight is 318 g/mol. The molecule has 2 aliphatic rings. The number of benzene rings is 1. The lowest BCUT2D eigenvalue weighted by Crippen LogP contribution is -2.38. The van der Waals surface area contributed by atoms with Crippen molar-refractivity contribution in [3.63, 3.8) is 0 Å². The summed E-state index contributed by atoms with van der Waals surface area (Å²) in [5.74, 6) is 0.700. The fourth-order valence-corrected chi connectivity index (χ4v) is 3.74. The van der Waals surface area contributed by atoms with Gasteiger partial charge in [-0.2, -0.15) is 0 Å². The molecular weight excluding hydrogens is 292 g/mol. The van der Waals surface area contributed by atoms with Crippen molar-refractivity contribution < 1.29 is 19.4 Å². The lowest BCUT2D eigenvalue weighted by Gasteiger charge is -2.35. The lowest BCUT2D eigenvalue weighted by molar-refractivity contribution is -0.145. The maximum Gasteiger partial charge on any atom is 0.314 e. The van der Waals surface area contributed by atoms with E-state index in [0.717, 1.165) is 36.1 Å². The minimum atomic E-state index is -0.775. The molecule has 1 N–H and O–H groups in total. The van der Waals surface area contributed by atoms with E-state index in [1.807, 2.05) is 19.1 Å². The number of hydrogen-bond donors (Lipinski definition) is 1. The maximum absolute atomic E-state index is 12.1.